The quantitative estimate of drug-likeness (QED) is 0.458. The first-order valence-electron chi connectivity index (χ1n) is 5.64. The number of hydrogen-bond donors (Lipinski definition) is 0. The van der Waals surface area contributed by atoms with E-state index in [-0.39, 0.29) is 0 Å². The molecule has 0 unspecified atom stereocenters. The lowest BCUT2D eigenvalue weighted by atomic mass is 9.85. The first-order chi connectivity index (χ1) is 6.32. The zero-order valence-electron chi connectivity index (χ0n) is 10.4. The Hall–Kier alpha value is -0.303. The van der Waals surface area contributed by atoms with Crippen molar-refractivity contribution in [3.05, 3.63) is 23.8 Å². The van der Waals surface area contributed by atoms with Gasteiger partial charge in [-0.2, -0.15) is 0 Å². The monoisotopic (exact) mass is 208 g/mol. The van der Waals surface area contributed by atoms with E-state index in [1.807, 2.05) is 0 Å². The van der Waals surface area contributed by atoms with Gasteiger partial charge in [0.2, 0.25) is 0 Å². The molecular formula is C13H24Si. The van der Waals surface area contributed by atoms with Crippen molar-refractivity contribution in [1.82, 2.24) is 0 Å². The molecule has 0 saturated carbocycles. The summed E-state index contributed by atoms with van der Waals surface area (Å²) in [6.45, 7) is 16.1. The SMILES string of the molecule is C=C(C)[C@@H]1CC=C(C)[C@@H]([Si](C)(C)C)C1. The van der Waals surface area contributed by atoms with Crippen molar-refractivity contribution in [2.75, 3.05) is 0 Å². The van der Waals surface area contributed by atoms with Crippen LogP contribution in [0.4, 0.5) is 0 Å². The molecule has 0 fully saturated rings. The van der Waals surface area contributed by atoms with Gasteiger partial charge in [0.05, 0.1) is 8.07 Å². The van der Waals surface area contributed by atoms with Gasteiger partial charge in [-0.05, 0) is 38.1 Å². The fraction of sp³-hybridized carbons (Fsp3) is 0.692. The largest absolute Gasteiger partial charge is 0.0998 e. The number of allylic oxidation sites excluding steroid dienone is 3. The van der Waals surface area contributed by atoms with E-state index in [1.54, 1.807) is 5.57 Å². The summed E-state index contributed by atoms with van der Waals surface area (Å²) in [5.74, 6) is 0.746. The molecule has 0 heterocycles. The van der Waals surface area contributed by atoms with Gasteiger partial charge in [0.25, 0.3) is 0 Å². The molecule has 0 aromatic rings. The Morgan fingerprint density at radius 3 is 2.43 bits per heavy atom. The molecule has 0 aliphatic heterocycles. The van der Waals surface area contributed by atoms with Crippen molar-refractivity contribution in [2.45, 2.75) is 51.9 Å². The molecule has 1 aliphatic carbocycles. The van der Waals surface area contributed by atoms with Crippen LogP contribution < -0.4 is 0 Å². The van der Waals surface area contributed by atoms with Crippen LogP contribution in [0.3, 0.4) is 0 Å². The molecule has 80 valence electrons. The van der Waals surface area contributed by atoms with Gasteiger partial charge < -0.3 is 0 Å². The summed E-state index contributed by atoms with van der Waals surface area (Å²) in [6, 6.07) is 0. The summed E-state index contributed by atoms with van der Waals surface area (Å²) >= 11 is 0. The lowest BCUT2D eigenvalue weighted by Gasteiger charge is -2.36. The topological polar surface area (TPSA) is 0 Å². The van der Waals surface area contributed by atoms with Gasteiger partial charge in [-0.1, -0.05) is 43.4 Å². The molecule has 14 heavy (non-hydrogen) atoms. The molecule has 0 spiro atoms. The first-order valence-corrected chi connectivity index (χ1v) is 9.22. The van der Waals surface area contributed by atoms with E-state index in [9.17, 15) is 0 Å². The molecule has 1 heteroatoms. The highest BCUT2D eigenvalue weighted by Gasteiger charge is 2.32. The van der Waals surface area contributed by atoms with Gasteiger partial charge in [-0.25, -0.2) is 0 Å². The second-order valence-electron chi connectivity index (χ2n) is 5.88. The molecule has 0 nitrogen and oxygen atoms in total. The number of hydrogen-bond acceptors (Lipinski definition) is 0. The molecule has 0 saturated heterocycles. The molecule has 0 radical (unpaired) electrons. The van der Waals surface area contributed by atoms with E-state index in [0.29, 0.717) is 0 Å². The van der Waals surface area contributed by atoms with Crippen LogP contribution in [0, 0.1) is 5.92 Å². The third-order valence-electron chi connectivity index (χ3n) is 3.54. The van der Waals surface area contributed by atoms with Crippen molar-refractivity contribution in [3.63, 3.8) is 0 Å². The predicted octanol–water partition coefficient (Wildman–Crippen LogP) is 4.63. The third kappa shape index (κ3) is 2.60. The molecule has 1 rings (SSSR count). The van der Waals surface area contributed by atoms with Crippen molar-refractivity contribution in [2.24, 2.45) is 5.92 Å². The molecule has 0 aromatic carbocycles. The Morgan fingerprint density at radius 2 is 2.00 bits per heavy atom. The highest BCUT2D eigenvalue weighted by molar-refractivity contribution is 6.78. The minimum atomic E-state index is -1.02. The average Bonchev–Trinajstić information content (AvgIpc) is 2.02. The molecular weight excluding hydrogens is 184 g/mol. The summed E-state index contributed by atoms with van der Waals surface area (Å²) in [5, 5.41) is 0. The minimum absolute atomic E-state index is 0.746. The van der Waals surface area contributed by atoms with Crippen molar-refractivity contribution in [3.8, 4) is 0 Å². The molecule has 0 N–H and O–H groups in total. The predicted molar refractivity (Wildman–Crippen MR) is 68.4 cm³/mol. The van der Waals surface area contributed by atoms with Crippen LogP contribution in [-0.4, -0.2) is 8.07 Å². The zero-order valence-corrected chi connectivity index (χ0v) is 11.4. The third-order valence-corrected chi connectivity index (χ3v) is 6.32. The van der Waals surface area contributed by atoms with E-state index < -0.39 is 8.07 Å². The van der Waals surface area contributed by atoms with Crippen LogP contribution in [0.1, 0.15) is 26.7 Å². The summed E-state index contributed by atoms with van der Waals surface area (Å²) in [5.41, 5.74) is 3.89. The van der Waals surface area contributed by atoms with E-state index in [1.165, 1.54) is 18.4 Å². The molecule has 0 bridgehead atoms. The van der Waals surface area contributed by atoms with Crippen LogP contribution in [0.2, 0.25) is 25.2 Å². The van der Waals surface area contributed by atoms with E-state index in [2.05, 4.69) is 46.1 Å². The van der Waals surface area contributed by atoms with Crippen LogP contribution in [0.5, 0.6) is 0 Å². The van der Waals surface area contributed by atoms with Crippen molar-refractivity contribution in [1.29, 1.82) is 0 Å². The lowest BCUT2D eigenvalue weighted by Crippen LogP contribution is -2.32. The van der Waals surface area contributed by atoms with Gasteiger partial charge in [-0.3, -0.25) is 0 Å². The molecule has 0 aromatic heterocycles. The van der Waals surface area contributed by atoms with Gasteiger partial charge in [0.1, 0.15) is 0 Å². The molecule has 0 amide bonds. The second kappa shape index (κ2) is 4.06. The Labute approximate surface area is 90.1 Å². The highest BCUT2D eigenvalue weighted by atomic mass is 28.3. The Balaban J connectivity index is 2.82. The summed E-state index contributed by atoms with van der Waals surface area (Å²) in [7, 11) is -1.02. The van der Waals surface area contributed by atoms with Crippen molar-refractivity contribution < 1.29 is 0 Å². The normalized spacial score (nSPS) is 28.5. The lowest BCUT2D eigenvalue weighted by molar-refractivity contribution is 0.532. The fourth-order valence-electron chi connectivity index (χ4n) is 2.48. The summed E-state index contributed by atoms with van der Waals surface area (Å²) in [6.07, 6.45) is 5.03. The standard InChI is InChI=1S/C13H24Si/c1-10(2)12-8-7-11(3)13(9-12)14(4,5)6/h7,12-13H,1,8-9H2,2-6H3/t12-,13+/m1/s1. The minimum Gasteiger partial charge on any atom is -0.0998 e. The van der Waals surface area contributed by atoms with Gasteiger partial charge in [0, 0.05) is 0 Å². The smallest absolute Gasteiger partial charge is 0.0517 e. The zero-order chi connectivity index (χ0) is 10.9. The van der Waals surface area contributed by atoms with Gasteiger partial charge >= 0.3 is 0 Å². The maximum absolute atomic E-state index is 4.11. The van der Waals surface area contributed by atoms with E-state index >= 15 is 0 Å². The highest BCUT2D eigenvalue weighted by Crippen LogP contribution is 2.42. The first kappa shape index (κ1) is 11.8. The fourth-order valence-corrected chi connectivity index (χ4v) is 4.95. The molecule has 2 atom stereocenters. The van der Waals surface area contributed by atoms with Crippen LogP contribution in [0.25, 0.3) is 0 Å². The van der Waals surface area contributed by atoms with Crippen molar-refractivity contribution >= 4 is 8.07 Å². The van der Waals surface area contributed by atoms with E-state index in [0.717, 1.165) is 11.5 Å². The van der Waals surface area contributed by atoms with Gasteiger partial charge in [0.15, 0.2) is 0 Å². The Kier molecular flexibility index (Phi) is 3.41. The Morgan fingerprint density at radius 1 is 1.43 bits per heavy atom. The van der Waals surface area contributed by atoms with Crippen LogP contribution in [-0.2, 0) is 0 Å². The maximum atomic E-state index is 4.11. The average molecular weight is 208 g/mol. The number of rotatable bonds is 2. The maximum Gasteiger partial charge on any atom is 0.0517 e. The Bertz CT molecular complexity index is 255. The summed E-state index contributed by atoms with van der Waals surface area (Å²) < 4.78 is 0. The van der Waals surface area contributed by atoms with Gasteiger partial charge in [-0.15, -0.1) is 0 Å². The molecule has 1 aliphatic rings. The summed E-state index contributed by atoms with van der Waals surface area (Å²) in [4.78, 5) is 0. The van der Waals surface area contributed by atoms with Crippen LogP contribution >= 0.6 is 0 Å². The van der Waals surface area contributed by atoms with E-state index in [4.69, 9.17) is 0 Å². The second-order valence-corrected chi connectivity index (χ2v) is 11.3. The van der Waals surface area contributed by atoms with Crippen LogP contribution in [0.15, 0.2) is 23.8 Å².